The number of carbonyl (C=O) groups is 2. The minimum Gasteiger partial charge on any atom is -0.444 e. The van der Waals surface area contributed by atoms with E-state index in [-0.39, 0.29) is 17.9 Å². The van der Waals surface area contributed by atoms with Crippen LogP contribution in [0.5, 0.6) is 0 Å². The lowest BCUT2D eigenvalue weighted by Crippen LogP contribution is -2.34. The van der Waals surface area contributed by atoms with Crippen LogP contribution in [0.25, 0.3) is 0 Å². The van der Waals surface area contributed by atoms with E-state index in [1.807, 2.05) is 69.3 Å². The van der Waals surface area contributed by atoms with Gasteiger partial charge in [0.1, 0.15) is 5.60 Å². The molecular weight excluding hydrogens is 328 g/mol. The quantitative estimate of drug-likeness (QED) is 0.861. The van der Waals surface area contributed by atoms with Gasteiger partial charge < -0.3 is 15.4 Å². The molecule has 5 nitrogen and oxygen atoms in total. The number of amides is 2. The molecule has 1 fully saturated rings. The largest absolute Gasteiger partial charge is 0.444 e. The van der Waals surface area contributed by atoms with Gasteiger partial charge in [0.15, 0.2) is 0 Å². The summed E-state index contributed by atoms with van der Waals surface area (Å²) in [7, 11) is 0. The maximum atomic E-state index is 12.4. The van der Waals surface area contributed by atoms with Crippen LogP contribution in [0.3, 0.4) is 0 Å². The first-order chi connectivity index (χ1) is 12.3. The number of benzene rings is 2. The summed E-state index contributed by atoms with van der Waals surface area (Å²) >= 11 is 0. The van der Waals surface area contributed by atoms with Crippen molar-refractivity contribution in [3.8, 4) is 0 Å². The highest BCUT2D eigenvalue weighted by Gasteiger charge is 2.40. The zero-order valence-electron chi connectivity index (χ0n) is 15.3. The van der Waals surface area contributed by atoms with Crippen LogP contribution >= 0.6 is 0 Å². The molecule has 2 amide bonds. The first-order valence-electron chi connectivity index (χ1n) is 8.78. The Morgan fingerprint density at radius 3 is 2.46 bits per heavy atom. The van der Waals surface area contributed by atoms with E-state index in [1.165, 1.54) is 0 Å². The fourth-order valence-electron chi connectivity index (χ4n) is 2.82. The molecule has 0 heterocycles. The molecule has 3 rings (SSSR count). The minimum absolute atomic E-state index is 0.0530. The Morgan fingerprint density at radius 1 is 1.04 bits per heavy atom. The summed E-state index contributed by atoms with van der Waals surface area (Å²) < 4.78 is 5.29. The van der Waals surface area contributed by atoms with Gasteiger partial charge in [0.25, 0.3) is 5.91 Å². The molecule has 1 saturated carbocycles. The Hall–Kier alpha value is -2.82. The van der Waals surface area contributed by atoms with Crippen LogP contribution in [0.2, 0.25) is 0 Å². The molecule has 136 valence electrons. The number of hydrogen-bond donors (Lipinski definition) is 2. The zero-order chi connectivity index (χ0) is 18.7. The highest BCUT2D eigenvalue weighted by Crippen LogP contribution is 2.41. The molecule has 0 radical (unpaired) electrons. The molecule has 1 aliphatic carbocycles. The number of alkyl carbamates (subject to hydrolysis) is 1. The first kappa shape index (κ1) is 18.0. The molecule has 26 heavy (non-hydrogen) atoms. The maximum absolute atomic E-state index is 12.4. The van der Waals surface area contributed by atoms with Crippen molar-refractivity contribution in [1.29, 1.82) is 0 Å². The first-order valence-corrected chi connectivity index (χ1v) is 8.78. The molecule has 2 N–H and O–H groups in total. The van der Waals surface area contributed by atoms with Gasteiger partial charge in [-0.2, -0.15) is 0 Å². The number of anilines is 1. The smallest absolute Gasteiger partial charge is 0.407 e. The van der Waals surface area contributed by atoms with Gasteiger partial charge in [-0.1, -0.05) is 30.3 Å². The third-order valence-electron chi connectivity index (χ3n) is 4.10. The average Bonchev–Trinajstić information content (AvgIpc) is 3.33. The van der Waals surface area contributed by atoms with Gasteiger partial charge in [-0.3, -0.25) is 4.79 Å². The minimum atomic E-state index is -0.510. The maximum Gasteiger partial charge on any atom is 0.407 e. The average molecular weight is 352 g/mol. The van der Waals surface area contributed by atoms with Crippen molar-refractivity contribution in [2.24, 2.45) is 0 Å². The molecule has 2 atom stereocenters. The van der Waals surface area contributed by atoms with Crippen molar-refractivity contribution in [2.45, 2.75) is 44.8 Å². The van der Waals surface area contributed by atoms with Crippen LogP contribution in [0.1, 0.15) is 49.0 Å². The van der Waals surface area contributed by atoms with E-state index in [0.29, 0.717) is 5.56 Å². The molecule has 0 unspecified atom stereocenters. The van der Waals surface area contributed by atoms with Crippen LogP contribution in [0.15, 0.2) is 54.6 Å². The second-order valence-corrected chi connectivity index (χ2v) is 7.54. The number of rotatable bonds is 4. The van der Waals surface area contributed by atoms with E-state index in [4.69, 9.17) is 4.74 Å². The Kier molecular flexibility index (Phi) is 4.98. The van der Waals surface area contributed by atoms with Crippen LogP contribution in [0.4, 0.5) is 10.5 Å². The van der Waals surface area contributed by atoms with Gasteiger partial charge in [-0.05, 0) is 57.0 Å². The Balaban J connectivity index is 1.60. The van der Waals surface area contributed by atoms with E-state index in [9.17, 15) is 9.59 Å². The van der Waals surface area contributed by atoms with Gasteiger partial charge in [0, 0.05) is 23.2 Å². The second-order valence-electron chi connectivity index (χ2n) is 7.54. The molecular formula is C21H24N2O3. The molecule has 0 bridgehead atoms. The molecule has 2 aromatic carbocycles. The van der Waals surface area contributed by atoms with Gasteiger partial charge >= 0.3 is 6.09 Å². The van der Waals surface area contributed by atoms with Crippen LogP contribution < -0.4 is 10.6 Å². The van der Waals surface area contributed by atoms with Crippen molar-refractivity contribution < 1.29 is 14.3 Å². The SMILES string of the molecule is CC(C)(C)OC(=O)N[C@@H]1C[C@H]1c1cccc(C(=O)Nc2ccccc2)c1. The summed E-state index contributed by atoms with van der Waals surface area (Å²) in [4.78, 5) is 24.3. The van der Waals surface area contributed by atoms with Crippen molar-refractivity contribution in [3.05, 3.63) is 65.7 Å². The number of para-hydroxylation sites is 1. The summed E-state index contributed by atoms with van der Waals surface area (Å²) in [6.45, 7) is 5.52. The number of nitrogens with one attached hydrogen (secondary N) is 2. The molecule has 5 heteroatoms. The highest BCUT2D eigenvalue weighted by molar-refractivity contribution is 6.04. The fourth-order valence-corrected chi connectivity index (χ4v) is 2.82. The lowest BCUT2D eigenvalue weighted by Gasteiger charge is -2.19. The summed E-state index contributed by atoms with van der Waals surface area (Å²) in [5, 5.41) is 5.77. The molecule has 1 aliphatic rings. The number of hydrogen-bond acceptors (Lipinski definition) is 3. The fraction of sp³-hybridized carbons (Fsp3) is 0.333. The Labute approximate surface area is 153 Å². The van der Waals surface area contributed by atoms with Crippen LogP contribution in [-0.4, -0.2) is 23.6 Å². The van der Waals surface area contributed by atoms with E-state index in [0.717, 1.165) is 17.7 Å². The highest BCUT2D eigenvalue weighted by atomic mass is 16.6. The molecule has 0 aromatic heterocycles. The normalized spacial score (nSPS) is 18.7. The van der Waals surface area contributed by atoms with E-state index >= 15 is 0 Å². The number of ether oxygens (including phenoxy) is 1. The topological polar surface area (TPSA) is 67.4 Å². The van der Waals surface area contributed by atoms with Crippen LogP contribution in [-0.2, 0) is 4.74 Å². The molecule has 2 aromatic rings. The van der Waals surface area contributed by atoms with Crippen molar-refractivity contribution in [3.63, 3.8) is 0 Å². The van der Waals surface area contributed by atoms with Gasteiger partial charge in [-0.25, -0.2) is 4.79 Å². The molecule has 0 saturated heterocycles. The predicted molar refractivity (Wildman–Crippen MR) is 101 cm³/mol. The molecule has 0 spiro atoms. The lowest BCUT2D eigenvalue weighted by atomic mass is 10.1. The van der Waals surface area contributed by atoms with Crippen molar-refractivity contribution in [1.82, 2.24) is 5.32 Å². The van der Waals surface area contributed by atoms with Gasteiger partial charge in [0.2, 0.25) is 0 Å². The van der Waals surface area contributed by atoms with Gasteiger partial charge in [0.05, 0.1) is 0 Å². The zero-order valence-corrected chi connectivity index (χ0v) is 15.3. The van der Waals surface area contributed by atoms with Crippen molar-refractivity contribution in [2.75, 3.05) is 5.32 Å². The summed E-state index contributed by atoms with van der Waals surface area (Å²) in [5.74, 6) is 0.0716. The van der Waals surface area contributed by atoms with E-state index in [2.05, 4.69) is 10.6 Å². The van der Waals surface area contributed by atoms with E-state index < -0.39 is 11.7 Å². The number of carbonyl (C=O) groups excluding carboxylic acids is 2. The summed E-state index contributed by atoms with van der Waals surface area (Å²) in [5.41, 5.74) is 1.91. The lowest BCUT2D eigenvalue weighted by molar-refractivity contribution is 0.0522. The summed E-state index contributed by atoms with van der Waals surface area (Å²) in [6.07, 6.45) is 0.450. The summed E-state index contributed by atoms with van der Waals surface area (Å²) in [6, 6.07) is 17.0. The molecule has 0 aliphatic heterocycles. The standard InChI is InChI=1S/C21H24N2O3/c1-21(2,3)26-20(25)23-18-13-17(18)14-8-7-9-15(12-14)19(24)22-16-10-5-4-6-11-16/h4-12,17-18H,13H2,1-3H3,(H,22,24)(H,23,25)/t17-,18+/m0/s1. The van der Waals surface area contributed by atoms with Gasteiger partial charge in [-0.15, -0.1) is 0 Å². The monoisotopic (exact) mass is 352 g/mol. The van der Waals surface area contributed by atoms with Crippen molar-refractivity contribution >= 4 is 17.7 Å². The van der Waals surface area contributed by atoms with E-state index in [1.54, 1.807) is 6.07 Å². The van der Waals surface area contributed by atoms with Crippen LogP contribution in [0, 0.1) is 0 Å². The predicted octanol–water partition coefficient (Wildman–Crippen LogP) is 4.32. The Morgan fingerprint density at radius 2 is 1.77 bits per heavy atom. The second kappa shape index (κ2) is 7.20. The Bertz CT molecular complexity index is 796. The third-order valence-corrected chi connectivity index (χ3v) is 4.10. The third kappa shape index (κ3) is 4.85.